The largest absolute Gasteiger partial charge is 0.466 e. The molecule has 0 rings (SSSR count). The van der Waals surface area contributed by atoms with E-state index in [-0.39, 0.29) is 18.5 Å². The number of hydrogen-bond acceptors (Lipinski definition) is 5. The molecule has 0 spiro atoms. The van der Waals surface area contributed by atoms with E-state index in [9.17, 15) is 19.8 Å². The van der Waals surface area contributed by atoms with Gasteiger partial charge in [-0.1, -0.05) is 250 Å². The second-order valence-corrected chi connectivity index (χ2v) is 20.0. The Morgan fingerprint density at radius 1 is 0.415 bits per heavy atom. The average molecular weight is 917 g/mol. The Balaban J connectivity index is 3.43. The number of aliphatic hydroxyl groups is 2. The minimum Gasteiger partial charge on any atom is -0.466 e. The van der Waals surface area contributed by atoms with E-state index in [0.29, 0.717) is 25.9 Å². The second-order valence-electron chi connectivity index (χ2n) is 20.0. The Hall–Kier alpha value is -1.66. The lowest BCUT2D eigenvalue weighted by Crippen LogP contribution is -2.45. The molecule has 6 nitrogen and oxygen atoms in total. The standard InChI is InChI=1S/C59H113NO5/c1-3-5-7-9-11-13-15-17-24-29-33-37-41-45-49-53-59(64)65-54-50-46-42-38-34-30-26-23-21-19-20-22-25-28-32-36-40-44-48-52-58(63)60-56(55-61)57(62)51-47-43-39-35-31-27-18-16-14-12-10-8-6-4-2/h17,19-20,24,56-57,61-62H,3-16,18,21-23,25-55H2,1-2H3,(H,60,63)/b20-19-,24-17-. The van der Waals surface area contributed by atoms with E-state index in [1.54, 1.807) is 0 Å². The Kier molecular flexibility index (Phi) is 53.5. The van der Waals surface area contributed by atoms with Crippen molar-refractivity contribution in [1.82, 2.24) is 5.32 Å². The molecule has 3 N–H and O–H groups in total. The van der Waals surface area contributed by atoms with E-state index in [4.69, 9.17) is 4.74 Å². The molecule has 0 aromatic carbocycles. The monoisotopic (exact) mass is 916 g/mol. The first kappa shape index (κ1) is 63.3. The lowest BCUT2D eigenvalue weighted by Gasteiger charge is -2.22. The highest BCUT2D eigenvalue weighted by Gasteiger charge is 2.20. The van der Waals surface area contributed by atoms with Crippen LogP contribution in [0.1, 0.15) is 316 Å². The molecular weight excluding hydrogens is 803 g/mol. The van der Waals surface area contributed by atoms with Gasteiger partial charge in [-0.05, 0) is 77.0 Å². The Labute approximate surface area is 405 Å². The number of amides is 1. The Morgan fingerprint density at radius 2 is 0.723 bits per heavy atom. The van der Waals surface area contributed by atoms with Gasteiger partial charge in [-0.2, -0.15) is 0 Å². The first-order chi connectivity index (χ1) is 32.0. The van der Waals surface area contributed by atoms with Gasteiger partial charge in [0.05, 0.1) is 25.4 Å². The topological polar surface area (TPSA) is 95.9 Å². The van der Waals surface area contributed by atoms with Crippen LogP contribution in [0.5, 0.6) is 0 Å². The number of esters is 1. The highest BCUT2D eigenvalue weighted by Crippen LogP contribution is 2.17. The van der Waals surface area contributed by atoms with Crippen molar-refractivity contribution in [2.75, 3.05) is 13.2 Å². The minimum absolute atomic E-state index is 0.00380. The van der Waals surface area contributed by atoms with Gasteiger partial charge in [0.15, 0.2) is 0 Å². The quantitative estimate of drug-likeness (QED) is 0.0321. The smallest absolute Gasteiger partial charge is 0.305 e. The fourth-order valence-electron chi connectivity index (χ4n) is 8.98. The predicted molar refractivity (Wildman–Crippen MR) is 283 cm³/mol. The van der Waals surface area contributed by atoms with Crippen LogP contribution in [-0.4, -0.2) is 47.4 Å². The summed E-state index contributed by atoms with van der Waals surface area (Å²) in [6.45, 7) is 4.94. The van der Waals surface area contributed by atoms with Crippen LogP contribution in [0.25, 0.3) is 0 Å². The van der Waals surface area contributed by atoms with E-state index in [1.807, 2.05) is 0 Å². The molecule has 0 aliphatic rings. The number of allylic oxidation sites excluding steroid dienone is 4. The third-order valence-electron chi connectivity index (χ3n) is 13.5. The summed E-state index contributed by atoms with van der Waals surface area (Å²) in [5.41, 5.74) is 0. The summed E-state index contributed by atoms with van der Waals surface area (Å²) in [5, 5.41) is 23.2. The van der Waals surface area contributed by atoms with Gasteiger partial charge in [0.25, 0.3) is 0 Å². The molecule has 0 heterocycles. The van der Waals surface area contributed by atoms with Crippen LogP contribution in [0.4, 0.5) is 0 Å². The molecular formula is C59H113NO5. The first-order valence-electron chi connectivity index (χ1n) is 29.1. The molecule has 1 amide bonds. The third-order valence-corrected chi connectivity index (χ3v) is 13.5. The van der Waals surface area contributed by atoms with Crippen LogP contribution in [-0.2, 0) is 14.3 Å². The van der Waals surface area contributed by atoms with Crippen molar-refractivity contribution in [3.8, 4) is 0 Å². The zero-order valence-corrected chi connectivity index (χ0v) is 43.7. The number of carbonyl (C=O) groups excluding carboxylic acids is 2. The maximum Gasteiger partial charge on any atom is 0.305 e. The van der Waals surface area contributed by atoms with Gasteiger partial charge in [0.2, 0.25) is 5.91 Å². The number of ether oxygens (including phenoxy) is 1. The number of carbonyl (C=O) groups is 2. The molecule has 65 heavy (non-hydrogen) atoms. The molecule has 6 heteroatoms. The van der Waals surface area contributed by atoms with Gasteiger partial charge in [-0.3, -0.25) is 9.59 Å². The molecule has 0 aromatic heterocycles. The van der Waals surface area contributed by atoms with Crippen molar-refractivity contribution in [3.63, 3.8) is 0 Å². The second kappa shape index (κ2) is 54.9. The highest BCUT2D eigenvalue weighted by molar-refractivity contribution is 5.76. The zero-order chi connectivity index (χ0) is 47.2. The number of unbranched alkanes of at least 4 members (excludes halogenated alkanes) is 39. The summed E-state index contributed by atoms with van der Waals surface area (Å²) in [5.74, 6) is -0.0476. The van der Waals surface area contributed by atoms with Gasteiger partial charge < -0.3 is 20.3 Å². The van der Waals surface area contributed by atoms with Crippen LogP contribution in [0.3, 0.4) is 0 Å². The van der Waals surface area contributed by atoms with E-state index in [1.165, 1.54) is 238 Å². The van der Waals surface area contributed by atoms with Gasteiger partial charge in [0.1, 0.15) is 0 Å². The molecule has 0 saturated carbocycles. The molecule has 0 aliphatic carbocycles. The third kappa shape index (κ3) is 51.6. The van der Waals surface area contributed by atoms with Crippen LogP contribution in [0, 0.1) is 0 Å². The molecule has 0 radical (unpaired) electrons. The van der Waals surface area contributed by atoms with Gasteiger partial charge in [0, 0.05) is 12.8 Å². The molecule has 0 aromatic rings. The number of hydrogen-bond donors (Lipinski definition) is 3. The summed E-state index contributed by atoms with van der Waals surface area (Å²) < 4.78 is 5.47. The van der Waals surface area contributed by atoms with Crippen LogP contribution < -0.4 is 5.32 Å². The van der Waals surface area contributed by atoms with Gasteiger partial charge in [-0.25, -0.2) is 0 Å². The summed E-state index contributed by atoms with van der Waals surface area (Å²) in [6, 6.07) is -0.548. The van der Waals surface area contributed by atoms with Crippen molar-refractivity contribution in [3.05, 3.63) is 24.3 Å². The van der Waals surface area contributed by atoms with Crippen LogP contribution in [0.15, 0.2) is 24.3 Å². The van der Waals surface area contributed by atoms with Crippen molar-refractivity contribution in [2.45, 2.75) is 328 Å². The fourth-order valence-corrected chi connectivity index (χ4v) is 8.98. The van der Waals surface area contributed by atoms with Crippen molar-refractivity contribution < 1.29 is 24.5 Å². The van der Waals surface area contributed by atoms with E-state index in [0.717, 1.165) is 44.9 Å². The zero-order valence-electron chi connectivity index (χ0n) is 43.7. The fraction of sp³-hybridized carbons (Fsp3) is 0.898. The molecule has 0 fully saturated rings. The Bertz CT molecular complexity index is 1010. The maximum absolute atomic E-state index is 12.5. The number of rotatable bonds is 54. The van der Waals surface area contributed by atoms with E-state index >= 15 is 0 Å². The number of nitrogens with one attached hydrogen (secondary N) is 1. The maximum atomic E-state index is 12.5. The summed E-state index contributed by atoms with van der Waals surface area (Å²) >= 11 is 0. The SMILES string of the molecule is CCCCCCCC/C=C\CCCCCCCC(=O)OCCCCCCCCCC/C=C\CCCCCCCCCC(=O)NC(CO)C(O)CCCCCCCCCCCCCCCC. The normalized spacial score (nSPS) is 12.7. The van der Waals surface area contributed by atoms with Crippen LogP contribution in [0.2, 0.25) is 0 Å². The minimum atomic E-state index is -0.670. The van der Waals surface area contributed by atoms with E-state index < -0.39 is 12.1 Å². The molecule has 384 valence electrons. The lowest BCUT2D eigenvalue weighted by molar-refractivity contribution is -0.143. The van der Waals surface area contributed by atoms with Crippen molar-refractivity contribution in [1.29, 1.82) is 0 Å². The molecule has 2 unspecified atom stereocenters. The summed E-state index contributed by atoms with van der Waals surface area (Å²) in [7, 11) is 0. The average Bonchev–Trinajstić information content (AvgIpc) is 3.31. The molecule has 0 saturated heterocycles. The van der Waals surface area contributed by atoms with E-state index in [2.05, 4.69) is 43.5 Å². The van der Waals surface area contributed by atoms with Crippen LogP contribution >= 0.6 is 0 Å². The van der Waals surface area contributed by atoms with Gasteiger partial charge >= 0.3 is 5.97 Å². The first-order valence-corrected chi connectivity index (χ1v) is 29.1. The highest BCUT2D eigenvalue weighted by atomic mass is 16.5. The number of aliphatic hydroxyl groups excluding tert-OH is 2. The Morgan fingerprint density at radius 3 is 1.09 bits per heavy atom. The summed E-state index contributed by atoms with van der Waals surface area (Å²) in [4.78, 5) is 24.5. The predicted octanol–water partition coefficient (Wildman–Crippen LogP) is 17.9. The van der Waals surface area contributed by atoms with Crippen molar-refractivity contribution in [2.24, 2.45) is 0 Å². The van der Waals surface area contributed by atoms with Gasteiger partial charge in [-0.15, -0.1) is 0 Å². The molecule has 0 aliphatic heterocycles. The summed E-state index contributed by atoms with van der Waals surface area (Å²) in [6.07, 6.45) is 65.9. The molecule has 2 atom stereocenters. The molecule has 0 bridgehead atoms. The van der Waals surface area contributed by atoms with Crippen molar-refractivity contribution >= 4 is 11.9 Å². The lowest BCUT2D eigenvalue weighted by atomic mass is 10.0.